The molecule has 1 N–H and O–H groups in total. The Balaban J connectivity index is 1.49. The lowest BCUT2D eigenvalue weighted by atomic mass is 10.3. The normalized spacial score (nSPS) is 24.9. The van der Waals surface area contributed by atoms with Crippen molar-refractivity contribution < 1.29 is 8.42 Å². The molecule has 0 bridgehead atoms. The highest BCUT2D eigenvalue weighted by Gasteiger charge is 2.36. The van der Waals surface area contributed by atoms with Gasteiger partial charge in [0, 0.05) is 24.0 Å². The molecule has 4 nitrogen and oxygen atoms in total. The van der Waals surface area contributed by atoms with Crippen molar-refractivity contribution in [2.75, 3.05) is 19.6 Å². The summed E-state index contributed by atoms with van der Waals surface area (Å²) in [4.78, 5) is 3.65. The van der Waals surface area contributed by atoms with Crippen molar-refractivity contribution in [3.8, 4) is 0 Å². The van der Waals surface area contributed by atoms with E-state index in [1.165, 1.54) is 4.88 Å². The minimum Gasteiger partial charge on any atom is -0.302 e. The quantitative estimate of drug-likeness (QED) is 0.865. The SMILES string of the molecule is O=S(=O)(NC1CC1)C1CCN(CCc2cccs2)C1. The van der Waals surface area contributed by atoms with Crippen LogP contribution in [0, 0.1) is 0 Å². The summed E-state index contributed by atoms with van der Waals surface area (Å²) in [5.74, 6) is 0. The van der Waals surface area contributed by atoms with Gasteiger partial charge in [0.25, 0.3) is 0 Å². The van der Waals surface area contributed by atoms with E-state index >= 15 is 0 Å². The monoisotopic (exact) mass is 300 g/mol. The Hall–Kier alpha value is -0.430. The zero-order valence-electron chi connectivity index (χ0n) is 10.9. The zero-order chi connectivity index (χ0) is 13.3. The molecular formula is C13H20N2O2S2. The van der Waals surface area contributed by atoms with Crippen molar-refractivity contribution in [2.24, 2.45) is 0 Å². The van der Waals surface area contributed by atoms with Crippen LogP contribution < -0.4 is 4.72 Å². The highest BCUT2D eigenvalue weighted by atomic mass is 32.2. The second kappa shape index (κ2) is 5.52. The smallest absolute Gasteiger partial charge is 0.216 e. The van der Waals surface area contributed by atoms with Crippen molar-refractivity contribution >= 4 is 21.4 Å². The molecule has 0 aromatic carbocycles. The zero-order valence-corrected chi connectivity index (χ0v) is 12.5. The number of sulfonamides is 1. The summed E-state index contributed by atoms with van der Waals surface area (Å²) < 4.78 is 27.1. The van der Waals surface area contributed by atoms with Gasteiger partial charge < -0.3 is 4.90 Å². The van der Waals surface area contributed by atoms with Crippen LogP contribution in [-0.2, 0) is 16.4 Å². The molecule has 1 aromatic heterocycles. The third-order valence-electron chi connectivity index (χ3n) is 3.83. The maximum atomic E-state index is 12.1. The fourth-order valence-corrected chi connectivity index (χ4v) is 4.92. The Bertz CT molecular complexity index is 509. The lowest BCUT2D eigenvalue weighted by Gasteiger charge is -2.16. The fraction of sp³-hybridized carbons (Fsp3) is 0.692. The van der Waals surface area contributed by atoms with Gasteiger partial charge in [-0.2, -0.15) is 0 Å². The largest absolute Gasteiger partial charge is 0.302 e. The van der Waals surface area contributed by atoms with Crippen molar-refractivity contribution in [1.82, 2.24) is 9.62 Å². The van der Waals surface area contributed by atoms with Crippen LogP contribution in [0.2, 0.25) is 0 Å². The van der Waals surface area contributed by atoms with Crippen LogP contribution >= 0.6 is 11.3 Å². The fourth-order valence-electron chi connectivity index (χ4n) is 2.51. The Morgan fingerprint density at radius 2 is 2.21 bits per heavy atom. The standard InChI is InChI=1S/C13H20N2O2S2/c16-19(17,14-11-3-4-11)13-6-8-15(10-13)7-5-12-2-1-9-18-12/h1-2,9,11,13-14H,3-8,10H2. The summed E-state index contributed by atoms with van der Waals surface area (Å²) in [6, 6.07) is 4.44. The molecule has 1 aliphatic heterocycles. The number of rotatable bonds is 6. The molecule has 1 saturated carbocycles. The van der Waals surface area contributed by atoms with Gasteiger partial charge in [0.2, 0.25) is 10.0 Å². The molecule has 0 spiro atoms. The Kier molecular flexibility index (Phi) is 3.93. The predicted molar refractivity (Wildman–Crippen MR) is 77.9 cm³/mol. The van der Waals surface area contributed by atoms with Gasteiger partial charge in [0.1, 0.15) is 0 Å². The maximum absolute atomic E-state index is 12.1. The number of hydrogen-bond donors (Lipinski definition) is 1. The average molecular weight is 300 g/mol. The van der Waals surface area contributed by atoms with E-state index < -0.39 is 10.0 Å². The topological polar surface area (TPSA) is 49.4 Å². The van der Waals surface area contributed by atoms with Gasteiger partial charge in [-0.1, -0.05) is 6.07 Å². The molecule has 6 heteroatoms. The van der Waals surface area contributed by atoms with Crippen LogP contribution in [0.5, 0.6) is 0 Å². The first-order chi connectivity index (χ1) is 9.13. The maximum Gasteiger partial charge on any atom is 0.216 e. The van der Waals surface area contributed by atoms with Crippen LogP contribution in [0.15, 0.2) is 17.5 Å². The number of thiophene rings is 1. The van der Waals surface area contributed by atoms with Crippen molar-refractivity contribution in [3.05, 3.63) is 22.4 Å². The summed E-state index contributed by atoms with van der Waals surface area (Å²) in [5.41, 5.74) is 0. The van der Waals surface area contributed by atoms with Gasteiger partial charge in [-0.05, 0) is 43.7 Å². The van der Waals surface area contributed by atoms with Crippen LogP contribution in [0.3, 0.4) is 0 Å². The Labute approximate surface area is 118 Å². The molecule has 0 amide bonds. The molecule has 106 valence electrons. The first-order valence-corrected chi connectivity index (χ1v) is 9.32. The highest BCUT2D eigenvalue weighted by molar-refractivity contribution is 7.90. The van der Waals surface area contributed by atoms with E-state index in [0.717, 1.165) is 38.8 Å². The molecular weight excluding hydrogens is 280 g/mol. The van der Waals surface area contributed by atoms with Crippen LogP contribution in [-0.4, -0.2) is 44.2 Å². The Morgan fingerprint density at radius 1 is 1.37 bits per heavy atom. The number of likely N-dealkylation sites (tertiary alicyclic amines) is 1. The lowest BCUT2D eigenvalue weighted by Crippen LogP contribution is -2.37. The van der Waals surface area contributed by atoms with Crippen molar-refractivity contribution in [2.45, 2.75) is 37.0 Å². The third-order valence-corrected chi connectivity index (χ3v) is 6.69. The highest BCUT2D eigenvalue weighted by Crippen LogP contribution is 2.23. The summed E-state index contributed by atoms with van der Waals surface area (Å²) in [7, 11) is -3.09. The van der Waals surface area contributed by atoms with E-state index in [1.54, 1.807) is 11.3 Å². The Morgan fingerprint density at radius 3 is 2.89 bits per heavy atom. The van der Waals surface area contributed by atoms with Crippen LogP contribution in [0.25, 0.3) is 0 Å². The second-order valence-corrected chi connectivity index (χ2v) is 8.50. The molecule has 2 fully saturated rings. The molecule has 0 radical (unpaired) electrons. The van der Waals surface area contributed by atoms with Gasteiger partial charge >= 0.3 is 0 Å². The number of nitrogens with one attached hydrogen (secondary N) is 1. The van der Waals surface area contributed by atoms with Gasteiger partial charge in [-0.3, -0.25) is 0 Å². The van der Waals surface area contributed by atoms with Gasteiger partial charge in [0.15, 0.2) is 0 Å². The molecule has 2 aliphatic rings. The first-order valence-electron chi connectivity index (χ1n) is 6.89. The predicted octanol–water partition coefficient (Wildman–Crippen LogP) is 1.45. The molecule has 1 saturated heterocycles. The molecule has 1 aromatic rings. The first kappa shape index (κ1) is 13.5. The second-order valence-electron chi connectivity index (χ2n) is 5.48. The summed E-state index contributed by atoms with van der Waals surface area (Å²) in [6.07, 6.45) is 3.81. The summed E-state index contributed by atoms with van der Waals surface area (Å²) in [6.45, 7) is 2.56. The van der Waals surface area contributed by atoms with Crippen molar-refractivity contribution in [1.29, 1.82) is 0 Å². The average Bonchev–Trinajstić information content (AvgIpc) is 2.87. The van der Waals surface area contributed by atoms with E-state index in [-0.39, 0.29) is 11.3 Å². The molecule has 1 unspecified atom stereocenters. The van der Waals surface area contributed by atoms with Gasteiger partial charge in [0.05, 0.1) is 5.25 Å². The van der Waals surface area contributed by atoms with E-state index in [1.807, 2.05) is 0 Å². The van der Waals surface area contributed by atoms with E-state index in [4.69, 9.17) is 0 Å². The number of nitrogens with zero attached hydrogens (tertiary/aromatic N) is 1. The summed E-state index contributed by atoms with van der Waals surface area (Å²) >= 11 is 1.77. The van der Waals surface area contributed by atoms with E-state index in [2.05, 4.69) is 27.1 Å². The molecule has 19 heavy (non-hydrogen) atoms. The van der Waals surface area contributed by atoms with Gasteiger partial charge in [-0.15, -0.1) is 11.3 Å². The van der Waals surface area contributed by atoms with Crippen LogP contribution in [0.1, 0.15) is 24.1 Å². The molecule has 1 atom stereocenters. The minimum atomic E-state index is -3.09. The molecule has 1 aliphatic carbocycles. The minimum absolute atomic E-state index is 0.212. The van der Waals surface area contributed by atoms with Gasteiger partial charge in [-0.25, -0.2) is 13.1 Å². The third kappa shape index (κ3) is 3.56. The molecule has 3 rings (SSSR count). The number of hydrogen-bond acceptors (Lipinski definition) is 4. The lowest BCUT2D eigenvalue weighted by molar-refractivity contribution is 0.344. The molecule has 2 heterocycles. The van der Waals surface area contributed by atoms with E-state index in [0.29, 0.717) is 6.54 Å². The van der Waals surface area contributed by atoms with Crippen LogP contribution in [0.4, 0.5) is 0 Å². The van der Waals surface area contributed by atoms with Crippen molar-refractivity contribution in [3.63, 3.8) is 0 Å². The van der Waals surface area contributed by atoms with E-state index in [9.17, 15) is 8.42 Å². The summed E-state index contributed by atoms with van der Waals surface area (Å²) in [5, 5.41) is 1.88.